The maximum atomic E-state index is 10.8. The summed E-state index contributed by atoms with van der Waals surface area (Å²) in [5, 5.41) is 13.4. The summed E-state index contributed by atoms with van der Waals surface area (Å²) in [5.74, 6) is 0.690. The first-order valence-corrected chi connectivity index (χ1v) is 11.5. The van der Waals surface area contributed by atoms with E-state index in [1.54, 1.807) is 24.3 Å². The standard InChI is InChI=1S/C28H30N2O2/c1-3-5-8-21(4-2)20-29-27-10-7-6-9-25(27)26-19-23(15-18-28(26)29)12-11-22-13-16-24(17-14-22)30(31)32/h6-7,9-19,21H,3-5,8,20H2,1-2H3/b12-11+. The van der Waals surface area contributed by atoms with Crippen LogP contribution in [-0.2, 0) is 6.54 Å². The number of non-ortho nitro benzene ring substituents is 1. The SMILES string of the molecule is CCCCC(CC)Cn1c2ccccc2c2cc(/C=C/c3ccc([N+](=O)[O-])cc3)ccc21. The van der Waals surface area contributed by atoms with Crippen LogP contribution < -0.4 is 0 Å². The van der Waals surface area contributed by atoms with E-state index in [9.17, 15) is 10.1 Å². The number of hydrogen-bond acceptors (Lipinski definition) is 2. The van der Waals surface area contributed by atoms with Gasteiger partial charge in [0.2, 0.25) is 0 Å². The number of para-hydroxylation sites is 1. The Morgan fingerprint density at radius 1 is 0.906 bits per heavy atom. The first-order chi connectivity index (χ1) is 15.6. The lowest BCUT2D eigenvalue weighted by Gasteiger charge is -2.17. The van der Waals surface area contributed by atoms with E-state index in [1.807, 2.05) is 6.08 Å². The third-order valence-corrected chi connectivity index (χ3v) is 6.35. The summed E-state index contributed by atoms with van der Waals surface area (Å²) in [7, 11) is 0. The maximum absolute atomic E-state index is 10.8. The molecule has 0 saturated heterocycles. The van der Waals surface area contributed by atoms with Crippen LogP contribution in [0.4, 0.5) is 5.69 Å². The number of fused-ring (bicyclic) bond motifs is 3. The molecule has 0 N–H and O–H groups in total. The quantitative estimate of drug-likeness (QED) is 0.154. The molecule has 1 atom stereocenters. The number of aromatic nitrogens is 1. The zero-order chi connectivity index (χ0) is 22.5. The summed E-state index contributed by atoms with van der Waals surface area (Å²) in [4.78, 5) is 10.5. The van der Waals surface area contributed by atoms with Gasteiger partial charge >= 0.3 is 0 Å². The van der Waals surface area contributed by atoms with Crippen molar-refractivity contribution in [3.63, 3.8) is 0 Å². The number of rotatable bonds is 9. The van der Waals surface area contributed by atoms with Crippen molar-refractivity contribution in [2.75, 3.05) is 0 Å². The number of benzene rings is 3. The molecule has 0 spiro atoms. The zero-order valence-electron chi connectivity index (χ0n) is 18.8. The zero-order valence-corrected chi connectivity index (χ0v) is 18.8. The lowest BCUT2D eigenvalue weighted by Crippen LogP contribution is -2.10. The highest BCUT2D eigenvalue weighted by molar-refractivity contribution is 6.08. The lowest BCUT2D eigenvalue weighted by molar-refractivity contribution is -0.384. The van der Waals surface area contributed by atoms with Crippen molar-refractivity contribution in [2.45, 2.75) is 46.1 Å². The largest absolute Gasteiger partial charge is 0.340 e. The minimum absolute atomic E-state index is 0.112. The monoisotopic (exact) mass is 426 g/mol. The first-order valence-electron chi connectivity index (χ1n) is 11.5. The van der Waals surface area contributed by atoms with Crippen molar-refractivity contribution in [3.05, 3.63) is 88.0 Å². The molecule has 1 aromatic heterocycles. The molecular weight excluding hydrogens is 396 g/mol. The molecule has 4 heteroatoms. The molecule has 4 rings (SSSR count). The molecule has 1 heterocycles. The molecule has 0 radical (unpaired) electrons. The van der Waals surface area contributed by atoms with Gasteiger partial charge in [-0.2, -0.15) is 0 Å². The van der Waals surface area contributed by atoms with Gasteiger partial charge in [0.1, 0.15) is 0 Å². The van der Waals surface area contributed by atoms with Crippen molar-refractivity contribution in [2.24, 2.45) is 5.92 Å². The van der Waals surface area contributed by atoms with Gasteiger partial charge in [-0.05, 0) is 53.8 Å². The molecule has 0 fully saturated rings. The Labute approximate surface area is 189 Å². The van der Waals surface area contributed by atoms with Crippen molar-refractivity contribution >= 4 is 39.6 Å². The van der Waals surface area contributed by atoms with E-state index in [-0.39, 0.29) is 10.6 Å². The molecule has 4 aromatic rings. The number of nitrogens with zero attached hydrogens (tertiary/aromatic N) is 2. The normalized spacial score (nSPS) is 12.7. The van der Waals surface area contributed by atoms with Crippen molar-refractivity contribution in [1.29, 1.82) is 0 Å². The molecule has 4 nitrogen and oxygen atoms in total. The molecule has 1 unspecified atom stereocenters. The fraction of sp³-hybridized carbons (Fsp3) is 0.286. The van der Waals surface area contributed by atoms with Gasteiger partial charge in [-0.3, -0.25) is 10.1 Å². The molecule has 0 amide bonds. The van der Waals surface area contributed by atoms with E-state index in [0.717, 1.165) is 17.7 Å². The fourth-order valence-corrected chi connectivity index (χ4v) is 4.45. The Balaban J connectivity index is 1.68. The maximum Gasteiger partial charge on any atom is 0.269 e. The Hall–Kier alpha value is -3.40. The number of nitro benzene ring substituents is 1. The Bertz CT molecular complexity index is 1250. The van der Waals surface area contributed by atoms with Crippen LogP contribution in [0.15, 0.2) is 66.7 Å². The highest BCUT2D eigenvalue weighted by Crippen LogP contribution is 2.32. The van der Waals surface area contributed by atoms with Crippen molar-refractivity contribution in [1.82, 2.24) is 4.57 Å². The fourth-order valence-electron chi connectivity index (χ4n) is 4.45. The van der Waals surface area contributed by atoms with E-state index in [1.165, 1.54) is 47.5 Å². The van der Waals surface area contributed by atoms with Crippen LogP contribution >= 0.6 is 0 Å². The summed E-state index contributed by atoms with van der Waals surface area (Å²) < 4.78 is 2.50. The molecule has 164 valence electrons. The molecule has 32 heavy (non-hydrogen) atoms. The van der Waals surface area contributed by atoms with E-state index in [2.05, 4.69) is 67.0 Å². The van der Waals surface area contributed by atoms with Gasteiger partial charge in [0.15, 0.2) is 0 Å². The van der Waals surface area contributed by atoms with Gasteiger partial charge in [0, 0.05) is 40.5 Å². The van der Waals surface area contributed by atoms with Crippen LogP contribution in [0.3, 0.4) is 0 Å². The molecule has 0 aliphatic carbocycles. The van der Waals surface area contributed by atoms with Crippen LogP contribution in [-0.4, -0.2) is 9.49 Å². The Kier molecular flexibility index (Phi) is 6.69. The van der Waals surface area contributed by atoms with E-state index >= 15 is 0 Å². The summed E-state index contributed by atoms with van der Waals surface area (Å²) in [6, 6.07) is 22.0. The van der Waals surface area contributed by atoms with E-state index in [0.29, 0.717) is 5.92 Å². The molecule has 0 aliphatic rings. The highest BCUT2D eigenvalue weighted by atomic mass is 16.6. The smallest absolute Gasteiger partial charge is 0.269 e. The van der Waals surface area contributed by atoms with Gasteiger partial charge in [-0.25, -0.2) is 0 Å². The van der Waals surface area contributed by atoms with E-state index in [4.69, 9.17) is 0 Å². The predicted octanol–water partition coefficient (Wildman–Crippen LogP) is 8.09. The minimum Gasteiger partial charge on any atom is -0.340 e. The Morgan fingerprint density at radius 3 is 2.31 bits per heavy atom. The Morgan fingerprint density at radius 2 is 1.59 bits per heavy atom. The van der Waals surface area contributed by atoms with Crippen LogP contribution in [0.25, 0.3) is 34.0 Å². The molecule has 3 aromatic carbocycles. The summed E-state index contributed by atoms with van der Waals surface area (Å²) in [6.07, 6.45) is 9.08. The summed E-state index contributed by atoms with van der Waals surface area (Å²) in [6.45, 7) is 5.62. The molecule has 0 saturated carbocycles. The second kappa shape index (κ2) is 9.82. The second-order valence-corrected chi connectivity index (χ2v) is 8.50. The number of unbranched alkanes of at least 4 members (excludes halogenated alkanes) is 1. The highest BCUT2D eigenvalue weighted by Gasteiger charge is 2.14. The molecule has 0 aliphatic heterocycles. The third-order valence-electron chi connectivity index (χ3n) is 6.35. The van der Waals surface area contributed by atoms with Crippen molar-refractivity contribution < 1.29 is 4.92 Å². The number of hydrogen-bond donors (Lipinski definition) is 0. The van der Waals surface area contributed by atoms with Crippen LogP contribution in [0.1, 0.15) is 50.7 Å². The number of nitro groups is 1. The molecular formula is C28H30N2O2. The van der Waals surface area contributed by atoms with Gasteiger partial charge in [-0.15, -0.1) is 0 Å². The average Bonchev–Trinajstić information content (AvgIpc) is 3.13. The minimum atomic E-state index is -0.372. The first kappa shape index (κ1) is 21.8. The van der Waals surface area contributed by atoms with Gasteiger partial charge in [0.05, 0.1) is 4.92 Å². The van der Waals surface area contributed by atoms with Gasteiger partial charge < -0.3 is 4.57 Å². The van der Waals surface area contributed by atoms with Crippen LogP contribution in [0.5, 0.6) is 0 Å². The summed E-state index contributed by atoms with van der Waals surface area (Å²) in [5.41, 5.74) is 4.76. The van der Waals surface area contributed by atoms with Gasteiger partial charge in [0.25, 0.3) is 5.69 Å². The topological polar surface area (TPSA) is 48.1 Å². The van der Waals surface area contributed by atoms with Gasteiger partial charge in [-0.1, -0.05) is 69.5 Å². The van der Waals surface area contributed by atoms with E-state index < -0.39 is 0 Å². The van der Waals surface area contributed by atoms with Crippen molar-refractivity contribution in [3.8, 4) is 0 Å². The summed E-state index contributed by atoms with van der Waals surface area (Å²) >= 11 is 0. The predicted molar refractivity (Wildman–Crippen MR) is 135 cm³/mol. The lowest BCUT2D eigenvalue weighted by atomic mass is 9.99. The van der Waals surface area contributed by atoms with Crippen LogP contribution in [0, 0.1) is 16.0 Å². The molecule has 0 bridgehead atoms. The average molecular weight is 427 g/mol. The second-order valence-electron chi connectivity index (χ2n) is 8.50. The third kappa shape index (κ3) is 4.59. The van der Waals surface area contributed by atoms with Crippen LogP contribution in [0.2, 0.25) is 0 Å².